The van der Waals surface area contributed by atoms with Gasteiger partial charge in [0.25, 0.3) is 0 Å². The molecule has 0 saturated heterocycles. The lowest BCUT2D eigenvalue weighted by Crippen LogP contribution is -2.15. The van der Waals surface area contributed by atoms with E-state index in [0.29, 0.717) is 4.47 Å². The van der Waals surface area contributed by atoms with Gasteiger partial charge in [0.2, 0.25) is 5.91 Å². The zero-order chi connectivity index (χ0) is 16.2. The highest BCUT2D eigenvalue weighted by Crippen LogP contribution is 2.23. The van der Waals surface area contributed by atoms with Crippen LogP contribution in [0.3, 0.4) is 0 Å². The van der Waals surface area contributed by atoms with Crippen LogP contribution in [-0.4, -0.2) is 26.4 Å². The summed E-state index contributed by atoms with van der Waals surface area (Å²) in [6.45, 7) is 0.896. The monoisotopic (exact) mass is 398 g/mol. The van der Waals surface area contributed by atoms with Crippen LogP contribution >= 0.6 is 27.7 Å². The Bertz CT molecular complexity index is 721. The van der Waals surface area contributed by atoms with E-state index in [-0.39, 0.29) is 17.3 Å². The van der Waals surface area contributed by atoms with Crippen molar-refractivity contribution in [2.24, 2.45) is 0 Å². The van der Waals surface area contributed by atoms with Crippen LogP contribution in [0.2, 0.25) is 0 Å². The van der Waals surface area contributed by atoms with Gasteiger partial charge in [0.1, 0.15) is 11.6 Å². The third-order valence-electron chi connectivity index (χ3n) is 3.61. The Morgan fingerprint density at radius 2 is 2.22 bits per heavy atom. The second kappa shape index (κ2) is 7.44. The van der Waals surface area contributed by atoms with Crippen LogP contribution < -0.4 is 5.32 Å². The van der Waals surface area contributed by atoms with Gasteiger partial charge in [-0.05, 0) is 31.0 Å². The molecule has 0 spiro atoms. The van der Waals surface area contributed by atoms with Crippen LogP contribution in [0.1, 0.15) is 25.1 Å². The molecule has 122 valence electrons. The van der Waals surface area contributed by atoms with Crippen molar-refractivity contribution in [2.45, 2.75) is 37.4 Å². The summed E-state index contributed by atoms with van der Waals surface area (Å²) in [5.41, 5.74) is 0.180. The lowest BCUT2D eigenvalue weighted by molar-refractivity contribution is -0.113. The molecule has 1 aliphatic heterocycles. The number of carbonyl (C=O) groups excluding carboxylic acids is 1. The molecular weight excluding hydrogens is 383 g/mol. The third-order valence-corrected chi connectivity index (χ3v) is 5.07. The highest BCUT2D eigenvalue weighted by atomic mass is 79.9. The molecule has 0 atom stereocenters. The third kappa shape index (κ3) is 4.11. The predicted octanol–water partition coefficient (Wildman–Crippen LogP) is 3.64. The number of fused-ring (bicyclic) bond motifs is 1. The molecular formula is C15H16BrFN4OS. The molecule has 2 heterocycles. The second-order valence-corrected chi connectivity index (χ2v) is 7.18. The van der Waals surface area contributed by atoms with Crippen molar-refractivity contribution in [3.8, 4) is 0 Å². The number of anilines is 1. The van der Waals surface area contributed by atoms with E-state index in [2.05, 4.69) is 36.0 Å². The molecule has 0 saturated carbocycles. The van der Waals surface area contributed by atoms with Gasteiger partial charge in [0.05, 0.1) is 11.4 Å². The van der Waals surface area contributed by atoms with Crippen molar-refractivity contribution in [3.63, 3.8) is 0 Å². The summed E-state index contributed by atoms with van der Waals surface area (Å²) in [4.78, 5) is 12.0. The van der Waals surface area contributed by atoms with Crippen LogP contribution in [0.4, 0.5) is 10.1 Å². The molecule has 0 unspecified atom stereocenters. The summed E-state index contributed by atoms with van der Waals surface area (Å²) < 4.78 is 16.4. The zero-order valence-corrected chi connectivity index (χ0v) is 14.8. The number of hydrogen-bond donors (Lipinski definition) is 1. The lowest BCUT2D eigenvalue weighted by atomic mass is 10.2. The molecule has 1 N–H and O–H groups in total. The van der Waals surface area contributed by atoms with Gasteiger partial charge >= 0.3 is 0 Å². The maximum Gasteiger partial charge on any atom is 0.234 e. The van der Waals surface area contributed by atoms with E-state index in [1.807, 2.05) is 0 Å². The van der Waals surface area contributed by atoms with Crippen molar-refractivity contribution >= 4 is 39.3 Å². The Kier molecular flexibility index (Phi) is 5.32. The Labute approximate surface area is 146 Å². The number of aryl methyl sites for hydroxylation is 1. The molecule has 23 heavy (non-hydrogen) atoms. The number of thioether (sulfide) groups is 1. The number of benzene rings is 1. The molecule has 1 aromatic carbocycles. The molecule has 2 aromatic rings. The fourth-order valence-corrected chi connectivity index (χ4v) is 3.59. The standard InChI is InChI=1S/C15H16BrFN4OS/c16-10-5-6-12(11(17)8-10)18-14(22)9-23-15-20-19-13-4-2-1-3-7-21(13)15/h5-6,8H,1-4,7,9H2,(H,18,22). The molecule has 1 amide bonds. The molecule has 5 nitrogen and oxygen atoms in total. The van der Waals surface area contributed by atoms with Crippen molar-refractivity contribution in [3.05, 3.63) is 34.3 Å². The SMILES string of the molecule is O=C(CSc1nnc2n1CCCCC2)Nc1ccc(Br)cc1F. The van der Waals surface area contributed by atoms with Gasteiger partial charge in [0, 0.05) is 17.4 Å². The van der Waals surface area contributed by atoms with Gasteiger partial charge in [0.15, 0.2) is 5.16 Å². The maximum absolute atomic E-state index is 13.7. The lowest BCUT2D eigenvalue weighted by Gasteiger charge is -2.08. The zero-order valence-electron chi connectivity index (χ0n) is 12.4. The first kappa shape index (κ1) is 16.4. The van der Waals surface area contributed by atoms with E-state index in [1.165, 1.54) is 30.3 Å². The fraction of sp³-hybridized carbons (Fsp3) is 0.400. The minimum atomic E-state index is -0.464. The normalized spacial score (nSPS) is 14.2. The molecule has 0 aliphatic carbocycles. The molecule has 0 fully saturated rings. The number of carbonyl (C=O) groups is 1. The average molecular weight is 399 g/mol. The first-order chi connectivity index (χ1) is 11.1. The average Bonchev–Trinajstić information content (AvgIpc) is 2.75. The Balaban J connectivity index is 1.60. The molecule has 3 rings (SSSR count). The van der Waals surface area contributed by atoms with Gasteiger partial charge in [-0.3, -0.25) is 4.79 Å². The summed E-state index contributed by atoms with van der Waals surface area (Å²) in [7, 11) is 0. The molecule has 1 aromatic heterocycles. The van der Waals surface area contributed by atoms with E-state index < -0.39 is 5.82 Å². The number of rotatable bonds is 4. The molecule has 1 aliphatic rings. The van der Waals surface area contributed by atoms with E-state index >= 15 is 0 Å². The van der Waals surface area contributed by atoms with E-state index in [4.69, 9.17) is 0 Å². The van der Waals surface area contributed by atoms with Crippen LogP contribution in [0.15, 0.2) is 27.8 Å². The van der Waals surface area contributed by atoms with Gasteiger partial charge in [-0.25, -0.2) is 4.39 Å². The summed E-state index contributed by atoms with van der Waals surface area (Å²) >= 11 is 4.52. The number of hydrogen-bond acceptors (Lipinski definition) is 4. The Morgan fingerprint density at radius 3 is 3.04 bits per heavy atom. The van der Waals surface area contributed by atoms with Crippen molar-refractivity contribution in [2.75, 3.05) is 11.1 Å². The number of nitrogens with zero attached hydrogens (tertiary/aromatic N) is 3. The quantitative estimate of drug-likeness (QED) is 0.798. The summed E-state index contributed by atoms with van der Waals surface area (Å²) in [6.07, 6.45) is 4.36. The second-order valence-electron chi connectivity index (χ2n) is 5.32. The first-order valence-electron chi connectivity index (χ1n) is 7.43. The van der Waals surface area contributed by atoms with Gasteiger partial charge in [-0.2, -0.15) is 0 Å². The van der Waals surface area contributed by atoms with Gasteiger partial charge < -0.3 is 9.88 Å². The summed E-state index contributed by atoms with van der Waals surface area (Å²) in [6, 6.07) is 4.54. The van der Waals surface area contributed by atoms with Crippen LogP contribution in [-0.2, 0) is 17.8 Å². The number of nitrogens with one attached hydrogen (secondary N) is 1. The van der Waals surface area contributed by atoms with E-state index in [0.717, 1.165) is 36.8 Å². The van der Waals surface area contributed by atoms with Crippen LogP contribution in [0, 0.1) is 5.82 Å². The van der Waals surface area contributed by atoms with E-state index in [9.17, 15) is 9.18 Å². The van der Waals surface area contributed by atoms with Crippen molar-refractivity contribution in [1.82, 2.24) is 14.8 Å². The Morgan fingerprint density at radius 1 is 1.35 bits per heavy atom. The fourth-order valence-electron chi connectivity index (χ4n) is 2.47. The largest absolute Gasteiger partial charge is 0.323 e. The topological polar surface area (TPSA) is 59.8 Å². The Hall–Kier alpha value is -1.41. The molecule has 0 radical (unpaired) electrons. The smallest absolute Gasteiger partial charge is 0.234 e. The van der Waals surface area contributed by atoms with Crippen LogP contribution in [0.25, 0.3) is 0 Å². The minimum Gasteiger partial charge on any atom is -0.323 e. The summed E-state index contributed by atoms with van der Waals surface area (Å²) in [5, 5.41) is 11.7. The highest BCUT2D eigenvalue weighted by molar-refractivity contribution is 9.10. The van der Waals surface area contributed by atoms with Gasteiger partial charge in [-0.1, -0.05) is 34.1 Å². The maximum atomic E-state index is 13.7. The predicted molar refractivity (Wildman–Crippen MR) is 91.0 cm³/mol. The first-order valence-corrected chi connectivity index (χ1v) is 9.21. The highest BCUT2D eigenvalue weighted by Gasteiger charge is 2.16. The van der Waals surface area contributed by atoms with Crippen LogP contribution in [0.5, 0.6) is 0 Å². The van der Waals surface area contributed by atoms with Crippen molar-refractivity contribution < 1.29 is 9.18 Å². The number of amides is 1. The number of aromatic nitrogens is 3. The molecule has 0 bridgehead atoms. The van der Waals surface area contributed by atoms with E-state index in [1.54, 1.807) is 6.07 Å². The van der Waals surface area contributed by atoms with Crippen molar-refractivity contribution in [1.29, 1.82) is 0 Å². The summed E-state index contributed by atoms with van der Waals surface area (Å²) in [5.74, 6) is 0.439. The molecule has 8 heteroatoms. The minimum absolute atomic E-state index is 0.174. The van der Waals surface area contributed by atoms with Gasteiger partial charge in [-0.15, -0.1) is 10.2 Å². The number of halogens is 2.